The van der Waals surface area contributed by atoms with Gasteiger partial charge in [0.25, 0.3) is 0 Å². The largest absolute Gasteiger partial charge is 0.481 e. The summed E-state index contributed by atoms with van der Waals surface area (Å²) in [5, 5.41) is 11.1. The van der Waals surface area contributed by atoms with Crippen molar-refractivity contribution in [3.63, 3.8) is 0 Å². The second-order valence-corrected chi connectivity index (χ2v) is 4.83. The summed E-state index contributed by atoms with van der Waals surface area (Å²) in [5.41, 5.74) is 0.756. The molecule has 16 heavy (non-hydrogen) atoms. The quantitative estimate of drug-likeness (QED) is 0.823. The number of benzene rings is 1. The van der Waals surface area contributed by atoms with Gasteiger partial charge in [0.15, 0.2) is 0 Å². The Labute approximate surface area is 97.0 Å². The zero-order chi connectivity index (χ0) is 11.7. The lowest BCUT2D eigenvalue weighted by Gasteiger charge is -2.26. The van der Waals surface area contributed by atoms with Crippen LogP contribution in [0, 0.1) is 5.92 Å². The summed E-state index contributed by atoms with van der Waals surface area (Å²) in [6.45, 7) is 1.55. The lowest BCUT2D eigenvalue weighted by atomic mass is 10.1. The Kier molecular flexibility index (Phi) is 2.87. The Bertz CT molecular complexity index is 447. The number of anilines is 1. The lowest BCUT2D eigenvalue weighted by molar-refractivity contribution is -0.142. The number of carboxylic acids is 1. The fraction of sp³-hybridized carbons (Fsp3) is 0.273. The molecule has 0 unspecified atom stereocenters. The first kappa shape index (κ1) is 11.0. The summed E-state index contributed by atoms with van der Waals surface area (Å²) in [6.07, 6.45) is 0. The van der Waals surface area contributed by atoms with Gasteiger partial charge in [-0.05, 0) is 12.1 Å². The minimum atomic E-state index is -0.952. The molecule has 0 saturated carbocycles. The number of carboxylic acid groups (broad SMARTS) is 1. The first-order valence-corrected chi connectivity index (χ1v) is 5.77. The molecule has 1 aliphatic rings. The topological polar surface area (TPSA) is 66.4 Å². The molecule has 2 N–H and O–H groups in total. The molecule has 1 amide bonds. The van der Waals surface area contributed by atoms with Crippen LogP contribution >= 0.6 is 11.8 Å². The molecule has 84 valence electrons. The van der Waals surface area contributed by atoms with E-state index in [0.29, 0.717) is 0 Å². The van der Waals surface area contributed by atoms with E-state index >= 15 is 0 Å². The molecule has 2 atom stereocenters. The van der Waals surface area contributed by atoms with Crippen molar-refractivity contribution in [2.75, 3.05) is 5.32 Å². The summed E-state index contributed by atoms with van der Waals surface area (Å²) < 4.78 is 0. The van der Waals surface area contributed by atoms with Crippen LogP contribution in [0.1, 0.15) is 6.92 Å². The monoisotopic (exact) mass is 237 g/mol. The average Bonchev–Trinajstić information content (AvgIpc) is 2.27. The number of hydrogen-bond donors (Lipinski definition) is 2. The van der Waals surface area contributed by atoms with Gasteiger partial charge in [0.05, 0.1) is 11.6 Å². The molecule has 0 fully saturated rings. The molecule has 2 rings (SSSR count). The number of carbonyl (C=O) groups excluding carboxylic acids is 1. The van der Waals surface area contributed by atoms with Gasteiger partial charge in [0.1, 0.15) is 5.25 Å². The van der Waals surface area contributed by atoms with Gasteiger partial charge < -0.3 is 10.4 Å². The first-order valence-electron chi connectivity index (χ1n) is 4.89. The predicted molar refractivity (Wildman–Crippen MR) is 61.5 cm³/mol. The van der Waals surface area contributed by atoms with Crippen molar-refractivity contribution < 1.29 is 14.7 Å². The normalized spacial score (nSPS) is 20.8. The third kappa shape index (κ3) is 1.90. The van der Waals surface area contributed by atoms with Crippen LogP contribution in [0.2, 0.25) is 0 Å². The van der Waals surface area contributed by atoms with Gasteiger partial charge in [0, 0.05) is 4.90 Å². The van der Waals surface area contributed by atoms with Crippen LogP contribution in [0.5, 0.6) is 0 Å². The fourth-order valence-electron chi connectivity index (χ4n) is 1.53. The van der Waals surface area contributed by atoms with Crippen molar-refractivity contribution >= 4 is 29.3 Å². The van der Waals surface area contributed by atoms with E-state index in [1.807, 2.05) is 24.3 Å². The van der Waals surface area contributed by atoms with Crippen LogP contribution in [0.4, 0.5) is 5.69 Å². The summed E-state index contributed by atoms with van der Waals surface area (Å²) in [4.78, 5) is 23.5. The molecule has 1 aromatic rings. The number of rotatable bonds is 2. The zero-order valence-electron chi connectivity index (χ0n) is 8.64. The van der Waals surface area contributed by atoms with Crippen LogP contribution in [0.25, 0.3) is 0 Å². The summed E-state index contributed by atoms with van der Waals surface area (Å²) in [7, 11) is 0. The lowest BCUT2D eigenvalue weighted by Crippen LogP contribution is -2.37. The SMILES string of the molecule is C[C@H](C(=O)O)[C@H]1Sc2ccccc2NC1=O. The molecule has 1 heterocycles. The van der Waals surface area contributed by atoms with Crippen molar-refractivity contribution in [3.05, 3.63) is 24.3 Å². The van der Waals surface area contributed by atoms with E-state index in [0.717, 1.165) is 10.6 Å². The van der Waals surface area contributed by atoms with Crippen LogP contribution in [-0.2, 0) is 9.59 Å². The van der Waals surface area contributed by atoms with Gasteiger partial charge >= 0.3 is 5.97 Å². The van der Waals surface area contributed by atoms with E-state index in [2.05, 4.69) is 5.32 Å². The third-order valence-corrected chi connectivity index (χ3v) is 3.99. The highest BCUT2D eigenvalue weighted by atomic mass is 32.2. The Morgan fingerprint density at radius 3 is 2.88 bits per heavy atom. The van der Waals surface area contributed by atoms with E-state index in [1.54, 1.807) is 6.92 Å². The molecular weight excluding hydrogens is 226 g/mol. The molecule has 0 aliphatic carbocycles. The molecule has 0 spiro atoms. The number of fused-ring (bicyclic) bond motifs is 1. The van der Waals surface area contributed by atoms with Crippen LogP contribution in [0.3, 0.4) is 0 Å². The van der Waals surface area contributed by atoms with E-state index in [9.17, 15) is 9.59 Å². The van der Waals surface area contributed by atoms with Gasteiger partial charge in [0.2, 0.25) is 5.91 Å². The highest BCUT2D eigenvalue weighted by Crippen LogP contribution is 2.38. The van der Waals surface area contributed by atoms with Crippen LogP contribution < -0.4 is 5.32 Å². The Hall–Kier alpha value is -1.49. The number of carbonyl (C=O) groups is 2. The van der Waals surface area contributed by atoms with Crippen LogP contribution in [0.15, 0.2) is 29.2 Å². The molecular formula is C11H11NO3S. The minimum Gasteiger partial charge on any atom is -0.481 e. The molecule has 5 heteroatoms. The fourth-order valence-corrected chi connectivity index (χ4v) is 2.69. The highest BCUT2D eigenvalue weighted by molar-refractivity contribution is 8.01. The number of thioether (sulfide) groups is 1. The van der Waals surface area contributed by atoms with Gasteiger partial charge in [-0.2, -0.15) is 0 Å². The molecule has 4 nitrogen and oxygen atoms in total. The van der Waals surface area contributed by atoms with E-state index in [1.165, 1.54) is 11.8 Å². The maximum atomic E-state index is 11.7. The Balaban J connectivity index is 2.28. The summed E-state index contributed by atoms with van der Waals surface area (Å²) in [6, 6.07) is 7.38. The highest BCUT2D eigenvalue weighted by Gasteiger charge is 2.34. The average molecular weight is 237 g/mol. The van der Waals surface area contributed by atoms with Gasteiger partial charge in [-0.25, -0.2) is 0 Å². The number of aliphatic carboxylic acids is 1. The van der Waals surface area contributed by atoms with E-state index < -0.39 is 17.1 Å². The number of amides is 1. The Morgan fingerprint density at radius 1 is 1.50 bits per heavy atom. The van der Waals surface area contributed by atoms with E-state index in [4.69, 9.17) is 5.11 Å². The maximum Gasteiger partial charge on any atom is 0.307 e. The summed E-state index contributed by atoms with van der Waals surface area (Å²) in [5.74, 6) is -1.89. The third-order valence-electron chi connectivity index (χ3n) is 2.50. The van der Waals surface area contributed by atoms with E-state index in [-0.39, 0.29) is 5.91 Å². The molecule has 0 radical (unpaired) electrons. The maximum absolute atomic E-state index is 11.7. The molecule has 0 saturated heterocycles. The first-order chi connectivity index (χ1) is 7.59. The number of hydrogen-bond acceptors (Lipinski definition) is 3. The smallest absolute Gasteiger partial charge is 0.307 e. The molecule has 0 aromatic heterocycles. The van der Waals surface area contributed by atoms with Crippen molar-refractivity contribution in [1.29, 1.82) is 0 Å². The summed E-state index contributed by atoms with van der Waals surface area (Å²) >= 11 is 1.31. The minimum absolute atomic E-state index is 0.237. The van der Waals surface area contributed by atoms with Gasteiger partial charge in [-0.1, -0.05) is 19.1 Å². The number of nitrogens with one attached hydrogen (secondary N) is 1. The molecule has 0 bridgehead atoms. The zero-order valence-corrected chi connectivity index (χ0v) is 9.45. The van der Waals surface area contributed by atoms with Gasteiger partial charge in [-0.3, -0.25) is 9.59 Å². The van der Waals surface area contributed by atoms with Crippen LogP contribution in [-0.4, -0.2) is 22.2 Å². The van der Waals surface area contributed by atoms with Crippen molar-refractivity contribution in [2.45, 2.75) is 17.1 Å². The second-order valence-electron chi connectivity index (χ2n) is 3.65. The molecule has 1 aromatic carbocycles. The number of para-hydroxylation sites is 1. The molecule has 1 aliphatic heterocycles. The predicted octanol–water partition coefficient (Wildman–Crippen LogP) is 1.82. The van der Waals surface area contributed by atoms with Gasteiger partial charge in [-0.15, -0.1) is 11.8 Å². The van der Waals surface area contributed by atoms with Crippen molar-refractivity contribution in [3.8, 4) is 0 Å². The van der Waals surface area contributed by atoms with Crippen molar-refractivity contribution in [2.24, 2.45) is 5.92 Å². The van der Waals surface area contributed by atoms with Crippen molar-refractivity contribution in [1.82, 2.24) is 0 Å². The Morgan fingerprint density at radius 2 is 2.19 bits per heavy atom. The second kappa shape index (κ2) is 4.17. The standard InChI is InChI=1S/C11H11NO3S/c1-6(11(14)15)9-10(13)12-7-4-2-3-5-8(7)16-9/h2-6,9H,1H3,(H,12,13)(H,14,15)/t6-,9+/m0/s1.